The van der Waals surface area contributed by atoms with Crippen molar-refractivity contribution >= 4 is 41.2 Å². The summed E-state index contributed by atoms with van der Waals surface area (Å²) in [7, 11) is -6.83. The summed E-state index contributed by atoms with van der Waals surface area (Å²) in [5.74, 6) is -0.741. The van der Waals surface area contributed by atoms with Crippen molar-refractivity contribution in [1.82, 2.24) is 0 Å². The summed E-state index contributed by atoms with van der Waals surface area (Å²) in [6.07, 6.45) is 0.412. The number of halogens is 1. The number of rotatable bonds is 7. The third-order valence-electron chi connectivity index (χ3n) is 10.1. The van der Waals surface area contributed by atoms with Gasteiger partial charge in [-0.25, -0.2) is 4.39 Å². The van der Waals surface area contributed by atoms with Crippen molar-refractivity contribution in [2.45, 2.75) is 23.8 Å². The fraction of sp³-hybridized carbons (Fsp3) is 0.184. The Morgan fingerprint density at radius 1 is 0.556 bits per heavy atom. The molecule has 6 atom stereocenters. The van der Waals surface area contributed by atoms with Gasteiger partial charge in [-0.1, -0.05) is 139 Å². The molecule has 0 aromatic heterocycles. The zero-order valence-electron chi connectivity index (χ0n) is 24.5. The molecule has 7 heteroatoms. The van der Waals surface area contributed by atoms with Crippen LogP contribution >= 0.6 is 14.3 Å². The average Bonchev–Trinajstić information content (AvgIpc) is 3.82. The van der Waals surface area contributed by atoms with Gasteiger partial charge in [0.1, 0.15) is 26.2 Å². The van der Waals surface area contributed by atoms with Gasteiger partial charge in [-0.05, 0) is 30.0 Å². The number of oxime groups is 1. The molecule has 0 spiro atoms. The van der Waals surface area contributed by atoms with Crippen molar-refractivity contribution in [3.8, 4) is 0 Å². The van der Waals surface area contributed by atoms with E-state index in [0.29, 0.717) is 0 Å². The van der Waals surface area contributed by atoms with Crippen molar-refractivity contribution in [3.63, 3.8) is 0 Å². The molecule has 2 saturated carbocycles. The Bertz CT molecular complexity index is 1870. The van der Waals surface area contributed by atoms with Crippen LogP contribution in [0.4, 0.5) is 4.39 Å². The number of nitrogens with zero attached hydrogens (tertiary/aromatic N) is 1. The van der Waals surface area contributed by atoms with E-state index in [1.165, 1.54) is 12.1 Å². The van der Waals surface area contributed by atoms with Crippen molar-refractivity contribution in [2.24, 2.45) is 22.9 Å². The van der Waals surface area contributed by atoms with Crippen LogP contribution in [0.15, 0.2) is 151 Å². The first-order valence-electron chi connectivity index (χ1n) is 15.4. The molecule has 1 heterocycles. The second-order valence-corrected chi connectivity index (χ2v) is 18.2. The van der Waals surface area contributed by atoms with Crippen molar-refractivity contribution in [1.29, 1.82) is 0 Å². The Hall–Kier alpha value is -4.04. The topological polar surface area (TPSA) is 55.7 Å². The lowest BCUT2D eigenvalue weighted by Gasteiger charge is -2.44. The highest BCUT2D eigenvalue weighted by molar-refractivity contribution is 7.83. The first kappa shape index (κ1) is 28.4. The van der Waals surface area contributed by atoms with E-state index in [2.05, 4.69) is 5.16 Å². The van der Waals surface area contributed by atoms with E-state index >= 15 is 9.13 Å². The smallest absolute Gasteiger partial charge is 0.147 e. The largest absolute Gasteiger partial charge is 0.391 e. The molecule has 45 heavy (non-hydrogen) atoms. The van der Waals surface area contributed by atoms with E-state index < -0.39 is 25.6 Å². The fourth-order valence-electron chi connectivity index (χ4n) is 8.40. The maximum absolute atomic E-state index is 16.4. The van der Waals surface area contributed by atoms with Gasteiger partial charge < -0.3 is 14.0 Å². The van der Waals surface area contributed by atoms with Gasteiger partial charge in [-0.15, -0.1) is 0 Å². The van der Waals surface area contributed by atoms with E-state index in [1.54, 1.807) is 12.1 Å². The average molecular weight is 632 g/mol. The minimum Gasteiger partial charge on any atom is -0.391 e. The highest BCUT2D eigenvalue weighted by Crippen LogP contribution is 2.73. The first-order valence-corrected chi connectivity index (χ1v) is 19.0. The second kappa shape index (κ2) is 11.1. The van der Waals surface area contributed by atoms with Gasteiger partial charge in [-0.2, -0.15) is 0 Å². The molecule has 5 aromatic carbocycles. The summed E-state index contributed by atoms with van der Waals surface area (Å²) in [5.41, 5.74) is 0.655. The standard InChI is InChI=1S/C38H32FNO3P2/c39-27-23-21-26(22-24-27)35-34-32-25-33(36(34)43-40-35)38(45(42,30-17-9-3-10-18-30)31-19-11-4-12-20-31)37(32)44(41,28-13-5-1-6-14-28)29-15-7-2-8-16-29/h1-24,32-34,36-38H,25H2/t32-,33-,34+,36-,37+,38+/m0/s1. The third kappa shape index (κ3) is 4.36. The fourth-order valence-corrected chi connectivity index (χ4v) is 16.9. The van der Waals surface area contributed by atoms with Crippen LogP contribution in [0, 0.1) is 23.6 Å². The zero-order chi connectivity index (χ0) is 30.6. The third-order valence-corrected chi connectivity index (χ3v) is 17.7. The summed E-state index contributed by atoms with van der Waals surface area (Å²) >= 11 is 0. The number of benzene rings is 5. The quantitative estimate of drug-likeness (QED) is 0.183. The Labute approximate surface area is 262 Å². The number of hydrogen-bond donors (Lipinski definition) is 0. The lowest BCUT2D eigenvalue weighted by molar-refractivity contribution is 0.0293. The van der Waals surface area contributed by atoms with Crippen LogP contribution in [-0.4, -0.2) is 23.1 Å². The van der Waals surface area contributed by atoms with Crippen molar-refractivity contribution in [2.75, 3.05) is 0 Å². The van der Waals surface area contributed by atoms with Gasteiger partial charge in [-0.3, -0.25) is 0 Å². The minimum absolute atomic E-state index is 0.122. The molecule has 0 amide bonds. The summed E-state index contributed by atoms with van der Waals surface area (Å²) in [6, 6.07) is 45.3. The highest BCUT2D eigenvalue weighted by Gasteiger charge is 2.70. The molecule has 3 aliphatic rings. The summed E-state index contributed by atoms with van der Waals surface area (Å²) in [4.78, 5) is 6.26. The van der Waals surface area contributed by atoms with Gasteiger partial charge in [0, 0.05) is 44.4 Å². The number of hydrogen-bond acceptors (Lipinski definition) is 4. The highest BCUT2D eigenvalue weighted by atomic mass is 31.2. The molecule has 8 rings (SSSR count). The van der Waals surface area contributed by atoms with Crippen LogP contribution in [0.25, 0.3) is 0 Å². The van der Waals surface area contributed by atoms with Crippen LogP contribution in [0.2, 0.25) is 0 Å². The van der Waals surface area contributed by atoms with Crippen LogP contribution in [-0.2, 0) is 14.0 Å². The van der Waals surface area contributed by atoms with Gasteiger partial charge in [0.05, 0.1) is 5.71 Å². The SMILES string of the molecule is O=P(c1ccccc1)(c1ccccc1)[C@@H]1[C@H]2C[C@@H]([C@@H]3C(c4ccc(F)cc4)=NO[C@@H]23)[C@H]1P(=O)(c1ccccc1)c1ccccc1. The Balaban J connectivity index is 1.38. The predicted molar refractivity (Wildman–Crippen MR) is 180 cm³/mol. The molecular weight excluding hydrogens is 599 g/mol. The molecule has 4 nitrogen and oxygen atoms in total. The summed E-state index contributed by atoms with van der Waals surface area (Å²) in [6.45, 7) is 0. The maximum atomic E-state index is 16.4. The van der Waals surface area contributed by atoms with Crippen LogP contribution in [0.5, 0.6) is 0 Å². The normalized spacial score (nSPS) is 25.4. The van der Waals surface area contributed by atoms with Crippen LogP contribution < -0.4 is 21.2 Å². The Kier molecular flexibility index (Phi) is 7.01. The number of fused-ring (bicyclic) bond motifs is 5. The molecule has 0 unspecified atom stereocenters. The van der Waals surface area contributed by atoms with Gasteiger partial charge in [0.25, 0.3) is 0 Å². The zero-order valence-corrected chi connectivity index (χ0v) is 26.3. The predicted octanol–water partition coefficient (Wildman–Crippen LogP) is 6.96. The molecular formula is C38H32FNO3P2. The summed E-state index contributed by atoms with van der Waals surface area (Å²) in [5, 5.41) is 7.66. The molecule has 2 aliphatic carbocycles. The molecule has 1 aliphatic heterocycles. The van der Waals surface area contributed by atoms with E-state index in [1.807, 2.05) is 121 Å². The molecule has 2 fully saturated rings. The van der Waals surface area contributed by atoms with Crippen LogP contribution in [0.1, 0.15) is 12.0 Å². The van der Waals surface area contributed by atoms with Gasteiger partial charge in [0.2, 0.25) is 0 Å². The minimum atomic E-state index is -3.43. The van der Waals surface area contributed by atoms with E-state index in [0.717, 1.165) is 38.9 Å². The monoisotopic (exact) mass is 631 g/mol. The van der Waals surface area contributed by atoms with E-state index in [9.17, 15) is 4.39 Å². The second-order valence-electron chi connectivity index (χ2n) is 12.3. The van der Waals surface area contributed by atoms with Crippen LogP contribution in [0.3, 0.4) is 0 Å². The first-order chi connectivity index (χ1) is 22.0. The molecule has 0 radical (unpaired) electrons. The Morgan fingerprint density at radius 2 is 0.956 bits per heavy atom. The molecule has 5 aromatic rings. The van der Waals surface area contributed by atoms with E-state index in [4.69, 9.17) is 4.84 Å². The lowest BCUT2D eigenvalue weighted by atomic mass is 9.80. The maximum Gasteiger partial charge on any atom is 0.147 e. The Morgan fingerprint density at radius 3 is 1.38 bits per heavy atom. The van der Waals surface area contributed by atoms with Gasteiger partial charge in [0.15, 0.2) is 0 Å². The van der Waals surface area contributed by atoms with Crippen molar-refractivity contribution < 1.29 is 18.4 Å². The molecule has 0 saturated heterocycles. The molecule has 224 valence electrons. The lowest BCUT2D eigenvalue weighted by Crippen LogP contribution is -2.50. The van der Waals surface area contributed by atoms with Crippen molar-refractivity contribution in [3.05, 3.63) is 157 Å². The summed E-state index contributed by atoms with van der Waals surface area (Å²) < 4.78 is 46.6. The van der Waals surface area contributed by atoms with Gasteiger partial charge >= 0.3 is 0 Å². The van der Waals surface area contributed by atoms with E-state index in [-0.39, 0.29) is 29.7 Å². The molecule has 0 N–H and O–H groups in total. The molecule has 2 bridgehead atoms.